The summed E-state index contributed by atoms with van der Waals surface area (Å²) < 4.78 is 1.42. The number of thiophene rings is 1. The molecule has 0 saturated heterocycles. The van der Waals surface area contributed by atoms with Gasteiger partial charge >= 0.3 is 0 Å². The third-order valence-electron chi connectivity index (χ3n) is 3.85. The van der Waals surface area contributed by atoms with Crippen LogP contribution < -0.4 is 15.8 Å². The smallest absolute Gasteiger partial charge is 0.266 e. The molecule has 0 aliphatic heterocycles. The van der Waals surface area contributed by atoms with Crippen LogP contribution in [0, 0.1) is 6.92 Å². The highest BCUT2D eigenvalue weighted by Crippen LogP contribution is 2.29. The maximum Gasteiger partial charge on any atom is 0.266 e. The molecular weight excluding hydrogens is 324 g/mol. The molecule has 0 radical (unpaired) electrons. The van der Waals surface area contributed by atoms with E-state index in [9.17, 15) is 9.59 Å². The molecule has 0 bridgehead atoms. The van der Waals surface area contributed by atoms with E-state index in [0.717, 1.165) is 11.4 Å². The molecular formula is C17H18N4O2S. The minimum atomic E-state index is -0.230. The number of hydrogen-bond acceptors (Lipinski definition) is 5. The molecule has 1 aromatic carbocycles. The number of hydrogen-bond donors (Lipinski definition) is 1. The lowest BCUT2D eigenvalue weighted by molar-refractivity contribution is 0.103. The molecule has 2 aromatic heterocycles. The summed E-state index contributed by atoms with van der Waals surface area (Å²) >= 11 is 1.24. The molecule has 0 saturated carbocycles. The third kappa shape index (κ3) is 2.67. The van der Waals surface area contributed by atoms with Crippen molar-refractivity contribution >= 4 is 38.8 Å². The standard InChI is InChI=1S/C17H18N4O2S/c1-10-13-16(18-9-21(4)17(13)23)24-14(10)15(22)19-11-7-5-6-8-12(11)20(2)3/h5-9H,1-4H3,(H,19,22). The molecule has 0 fully saturated rings. The molecule has 2 heterocycles. The SMILES string of the molecule is Cc1c(C(=O)Nc2ccccc2N(C)C)sc2ncn(C)c(=O)c12. The second-order valence-electron chi connectivity index (χ2n) is 5.76. The number of nitrogens with zero attached hydrogens (tertiary/aromatic N) is 3. The van der Waals surface area contributed by atoms with Crippen LogP contribution in [0.15, 0.2) is 35.4 Å². The van der Waals surface area contributed by atoms with Crippen LogP contribution in [0.25, 0.3) is 10.2 Å². The first-order valence-electron chi connectivity index (χ1n) is 7.42. The number of rotatable bonds is 3. The zero-order chi connectivity index (χ0) is 17.4. The van der Waals surface area contributed by atoms with Crippen LogP contribution in [0.2, 0.25) is 0 Å². The second-order valence-corrected chi connectivity index (χ2v) is 6.76. The van der Waals surface area contributed by atoms with Crippen molar-refractivity contribution in [3.8, 4) is 0 Å². The van der Waals surface area contributed by atoms with E-state index in [2.05, 4.69) is 10.3 Å². The molecule has 7 heteroatoms. The van der Waals surface area contributed by atoms with E-state index in [0.29, 0.717) is 20.7 Å². The Morgan fingerprint density at radius 2 is 2.00 bits per heavy atom. The van der Waals surface area contributed by atoms with Crippen molar-refractivity contribution in [1.82, 2.24) is 9.55 Å². The number of para-hydroxylation sites is 2. The molecule has 3 aromatic rings. The summed E-state index contributed by atoms with van der Waals surface area (Å²) in [5.41, 5.74) is 2.17. The molecule has 3 rings (SSSR count). The number of aromatic nitrogens is 2. The molecule has 124 valence electrons. The van der Waals surface area contributed by atoms with Gasteiger partial charge in [-0.3, -0.25) is 9.59 Å². The Labute approximate surface area is 143 Å². The predicted molar refractivity (Wildman–Crippen MR) is 98.3 cm³/mol. The molecule has 6 nitrogen and oxygen atoms in total. The summed E-state index contributed by atoms with van der Waals surface area (Å²) in [6.07, 6.45) is 1.48. The number of anilines is 2. The fraction of sp³-hybridized carbons (Fsp3) is 0.235. The van der Waals surface area contributed by atoms with Crippen molar-refractivity contribution in [3.63, 3.8) is 0 Å². The molecule has 0 aliphatic rings. The molecule has 1 amide bonds. The maximum atomic E-state index is 12.7. The summed E-state index contributed by atoms with van der Waals surface area (Å²) in [4.78, 5) is 32.3. The van der Waals surface area contributed by atoms with Crippen molar-refractivity contribution < 1.29 is 4.79 Å². The first-order valence-corrected chi connectivity index (χ1v) is 8.24. The summed E-state index contributed by atoms with van der Waals surface area (Å²) in [5, 5.41) is 3.45. The van der Waals surface area contributed by atoms with Crippen LogP contribution in [-0.2, 0) is 7.05 Å². The van der Waals surface area contributed by atoms with Gasteiger partial charge in [0.25, 0.3) is 11.5 Å². The average molecular weight is 342 g/mol. The van der Waals surface area contributed by atoms with Crippen molar-refractivity contribution in [2.75, 3.05) is 24.3 Å². The van der Waals surface area contributed by atoms with Gasteiger partial charge in [-0.1, -0.05) is 12.1 Å². The van der Waals surface area contributed by atoms with Gasteiger partial charge in [0.2, 0.25) is 0 Å². The fourth-order valence-corrected chi connectivity index (χ4v) is 3.61. The predicted octanol–water partition coefficient (Wildman–Crippen LogP) is 2.62. The first kappa shape index (κ1) is 16.2. The number of fused-ring (bicyclic) bond motifs is 1. The van der Waals surface area contributed by atoms with E-state index in [-0.39, 0.29) is 11.5 Å². The zero-order valence-electron chi connectivity index (χ0n) is 14.0. The molecule has 24 heavy (non-hydrogen) atoms. The molecule has 0 aliphatic carbocycles. The largest absolute Gasteiger partial charge is 0.376 e. The maximum absolute atomic E-state index is 12.7. The van der Waals surface area contributed by atoms with E-state index in [4.69, 9.17) is 0 Å². The lowest BCUT2D eigenvalue weighted by Crippen LogP contribution is -2.18. The Kier molecular flexibility index (Phi) is 4.11. The van der Waals surface area contributed by atoms with E-state index in [1.165, 1.54) is 22.2 Å². The van der Waals surface area contributed by atoms with Crippen LogP contribution >= 0.6 is 11.3 Å². The quantitative estimate of drug-likeness (QED) is 0.794. The monoisotopic (exact) mass is 342 g/mol. The Morgan fingerprint density at radius 3 is 2.71 bits per heavy atom. The fourth-order valence-electron chi connectivity index (χ4n) is 2.57. The first-order chi connectivity index (χ1) is 11.4. The Morgan fingerprint density at radius 1 is 1.29 bits per heavy atom. The van der Waals surface area contributed by atoms with Gasteiger partial charge in [0, 0.05) is 21.1 Å². The number of amides is 1. The van der Waals surface area contributed by atoms with Gasteiger partial charge in [-0.2, -0.15) is 0 Å². The van der Waals surface area contributed by atoms with E-state index >= 15 is 0 Å². The van der Waals surface area contributed by atoms with Crippen LogP contribution in [0.3, 0.4) is 0 Å². The van der Waals surface area contributed by atoms with Crippen LogP contribution in [0.5, 0.6) is 0 Å². The minimum absolute atomic E-state index is 0.138. The van der Waals surface area contributed by atoms with Crippen molar-refractivity contribution in [1.29, 1.82) is 0 Å². The van der Waals surface area contributed by atoms with Crippen LogP contribution in [0.4, 0.5) is 11.4 Å². The molecule has 1 N–H and O–H groups in total. The highest BCUT2D eigenvalue weighted by Gasteiger charge is 2.20. The number of carbonyl (C=O) groups is 1. The van der Waals surface area contributed by atoms with Gasteiger partial charge in [0.1, 0.15) is 4.83 Å². The Bertz CT molecular complexity index is 988. The van der Waals surface area contributed by atoms with Gasteiger partial charge < -0.3 is 14.8 Å². The normalized spacial score (nSPS) is 10.8. The number of nitrogens with one attached hydrogen (secondary N) is 1. The molecule has 0 atom stereocenters. The van der Waals surface area contributed by atoms with Gasteiger partial charge in [0.15, 0.2) is 0 Å². The minimum Gasteiger partial charge on any atom is -0.376 e. The van der Waals surface area contributed by atoms with E-state index in [1.807, 2.05) is 43.3 Å². The van der Waals surface area contributed by atoms with E-state index in [1.54, 1.807) is 14.0 Å². The van der Waals surface area contributed by atoms with Crippen molar-refractivity contribution in [3.05, 3.63) is 51.4 Å². The van der Waals surface area contributed by atoms with Crippen molar-refractivity contribution in [2.45, 2.75) is 6.92 Å². The number of aryl methyl sites for hydroxylation is 2. The Hall–Kier alpha value is -2.67. The van der Waals surface area contributed by atoms with Gasteiger partial charge in [-0.05, 0) is 24.6 Å². The number of benzene rings is 1. The second kappa shape index (κ2) is 6.09. The molecule has 0 unspecified atom stereocenters. The zero-order valence-corrected chi connectivity index (χ0v) is 14.8. The average Bonchev–Trinajstić information content (AvgIpc) is 2.89. The topological polar surface area (TPSA) is 67.2 Å². The number of carbonyl (C=O) groups excluding carboxylic acids is 1. The lowest BCUT2D eigenvalue weighted by atomic mass is 10.2. The van der Waals surface area contributed by atoms with Gasteiger partial charge in [0.05, 0.1) is 28.0 Å². The van der Waals surface area contributed by atoms with Crippen LogP contribution in [0.1, 0.15) is 15.2 Å². The molecule has 0 spiro atoms. The highest BCUT2D eigenvalue weighted by atomic mass is 32.1. The summed E-state index contributed by atoms with van der Waals surface area (Å²) in [6.45, 7) is 1.79. The highest BCUT2D eigenvalue weighted by molar-refractivity contribution is 7.20. The Balaban J connectivity index is 2.03. The van der Waals surface area contributed by atoms with Gasteiger partial charge in [-0.25, -0.2) is 4.98 Å². The summed E-state index contributed by atoms with van der Waals surface area (Å²) in [7, 11) is 5.49. The summed E-state index contributed by atoms with van der Waals surface area (Å²) in [5.74, 6) is -0.230. The lowest BCUT2D eigenvalue weighted by Gasteiger charge is -2.17. The summed E-state index contributed by atoms with van der Waals surface area (Å²) in [6, 6.07) is 7.58. The third-order valence-corrected chi connectivity index (χ3v) is 5.05. The van der Waals surface area contributed by atoms with E-state index < -0.39 is 0 Å². The van der Waals surface area contributed by atoms with Gasteiger partial charge in [-0.15, -0.1) is 11.3 Å². The van der Waals surface area contributed by atoms with Crippen LogP contribution in [-0.4, -0.2) is 29.6 Å². The van der Waals surface area contributed by atoms with Crippen molar-refractivity contribution in [2.24, 2.45) is 7.05 Å².